The van der Waals surface area contributed by atoms with E-state index in [1.165, 1.54) is 295 Å². The van der Waals surface area contributed by atoms with Crippen LogP contribution in [0, 0.1) is 0 Å². The zero-order chi connectivity index (χ0) is 56.4. The molecule has 0 aliphatic carbocycles. The Morgan fingerprint density at radius 1 is 0.359 bits per heavy atom. The molecule has 0 radical (unpaired) electrons. The maximum absolute atomic E-state index is 12.5. The van der Waals surface area contributed by atoms with Crippen LogP contribution < -0.4 is 5.32 Å². The molecule has 0 aromatic heterocycles. The van der Waals surface area contributed by atoms with Gasteiger partial charge in [0.2, 0.25) is 5.91 Å². The Kier molecular flexibility index (Phi) is 65.4. The quantitative estimate of drug-likeness (QED) is 0.0320. The predicted molar refractivity (Wildman–Crippen MR) is 342 cm³/mol. The fraction of sp³-hybridized carbons (Fsp3) is 0.861. The molecule has 2 unspecified atom stereocenters. The number of aliphatic hydroxyl groups excluding tert-OH is 2. The van der Waals surface area contributed by atoms with Crippen LogP contribution in [0.5, 0.6) is 0 Å². The van der Waals surface area contributed by atoms with Crippen molar-refractivity contribution in [3.05, 3.63) is 48.6 Å². The van der Waals surface area contributed by atoms with Crippen LogP contribution in [0.25, 0.3) is 0 Å². The van der Waals surface area contributed by atoms with Crippen molar-refractivity contribution >= 4 is 11.9 Å². The molecule has 458 valence electrons. The van der Waals surface area contributed by atoms with E-state index in [0.29, 0.717) is 19.4 Å². The van der Waals surface area contributed by atoms with Gasteiger partial charge in [-0.25, -0.2) is 0 Å². The summed E-state index contributed by atoms with van der Waals surface area (Å²) in [5, 5.41) is 23.3. The Balaban J connectivity index is 3.47. The first-order valence-corrected chi connectivity index (χ1v) is 34.9. The monoisotopic (exact) mass is 1090 g/mol. The van der Waals surface area contributed by atoms with Gasteiger partial charge in [-0.1, -0.05) is 332 Å². The Hall–Kier alpha value is -2.18. The van der Waals surface area contributed by atoms with Gasteiger partial charge in [0.15, 0.2) is 0 Å². The summed E-state index contributed by atoms with van der Waals surface area (Å²) in [5.41, 5.74) is 0. The highest BCUT2D eigenvalue weighted by Crippen LogP contribution is 2.18. The van der Waals surface area contributed by atoms with Crippen molar-refractivity contribution in [2.75, 3.05) is 13.2 Å². The van der Waals surface area contributed by atoms with E-state index in [1.54, 1.807) is 6.08 Å². The van der Waals surface area contributed by atoms with Gasteiger partial charge in [0.25, 0.3) is 0 Å². The van der Waals surface area contributed by atoms with E-state index >= 15 is 0 Å². The third-order valence-corrected chi connectivity index (χ3v) is 16.1. The van der Waals surface area contributed by atoms with Crippen LogP contribution in [0.1, 0.15) is 373 Å². The van der Waals surface area contributed by atoms with E-state index in [2.05, 4.69) is 55.6 Å². The summed E-state index contributed by atoms with van der Waals surface area (Å²) in [6.45, 7) is 4.82. The Morgan fingerprint density at radius 3 is 0.987 bits per heavy atom. The molecule has 0 aliphatic heterocycles. The van der Waals surface area contributed by atoms with Gasteiger partial charge in [-0.05, 0) is 77.0 Å². The lowest BCUT2D eigenvalue weighted by atomic mass is 10.0. The van der Waals surface area contributed by atoms with Gasteiger partial charge in [0.1, 0.15) is 0 Å². The minimum absolute atomic E-state index is 0.0388. The van der Waals surface area contributed by atoms with Gasteiger partial charge in [-0.2, -0.15) is 0 Å². The van der Waals surface area contributed by atoms with Crippen LogP contribution in [0.15, 0.2) is 48.6 Å². The van der Waals surface area contributed by atoms with Crippen molar-refractivity contribution < 1.29 is 24.5 Å². The minimum Gasteiger partial charge on any atom is -0.465 e. The van der Waals surface area contributed by atoms with Crippen LogP contribution >= 0.6 is 0 Å². The maximum atomic E-state index is 12.5. The Bertz CT molecular complexity index is 1310. The van der Waals surface area contributed by atoms with E-state index in [1.807, 2.05) is 6.08 Å². The molecule has 1 amide bonds. The van der Waals surface area contributed by atoms with Crippen LogP contribution in [0.2, 0.25) is 0 Å². The second-order valence-corrected chi connectivity index (χ2v) is 23.9. The van der Waals surface area contributed by atoms with Crippen molar-refractivity contribution in [1.29, 1.82) is 0 Å². The average Bonchev–Trinajstić information content (AvgIpc) is 3.44. The fourth-order valence-electron chi connectivity index (χ4n) is 10.8. The lowest BCUT2D eigenvalue weighted by Crippen LogP contribution is -2.45. The number of esters is 1. The summed E-state index contributed by atoms with van der Waals surface area (Å²) in [5.74, 6) is -0.108. The third-order valence-electron chi connectivity index (χ3n) is 16.1. The molecule has 0 fully saturated rings. The molecule has 0 saturated carbocycles. The molecule has 0 aromatic rings. The standard InChI is InChI=1S/C72H135NO5/c1-3-5-7-9-11-13-15-17-19-21-22-23-24-26-29-33-36-40-44-48-52-56-60-64-70(75)69(68-74)73-71(76)65-61-57-53-49-45-41-37-34-30-27-25-28-31-35-39-43-47-51-55-59-63-67-78-72(77)66-62-58-54-50-46-42-38-32-20-18-16-14-12-10-8-6-4-2/h18,20,43,47,55,59-60,64,69-70,74-75H,3-17,19,21-42,44-46,48-54,56-58,61-63,65-68H2,1-2H3,(H,73,76)/b20-18-,47-43-,59-55-,64-60+. The number of hydrogen-bond acceptors (Lipinski definition) is 5. The number of carbonyl (C=O) groups excluding carboxylic acids is 2. The van der Waals surface area contributed by atoms with E-state index in [9.17, 15) is 19.8 Å². The molecule has 6 heteroatoms. The summed E-state index contributed by atoms with van der Waals surface area (Å²) in [6.07, 6.45) is 87.6. The molecular weight excluding hydrogens is 959 g/mol. The Morgan fingerprint density at radius 2 is 0.641 bits per heavy atom. The number of unbranched alkanes of at least 4 members (excludes halogenated alkanes) is 48. The molecule has 3 N–H and O–H groups in total. The molecule has 0 saturated heterocycles. The lowest BCUT2D eigenvalue weighted by molar-refractivity contribution is -0.143. The lowest BCUT2D eigenvalue weighted by Gasteiger charge is -2.20. The summed E-state index contributed by atoms with van der Waals surface area (Å²) < 4.78 is 5.43. The molecule has 6 nitrogen and oxygen atoms in total. The van der Waals surface area contributed by atoms with Gasteiger partial charge in [-0.3, -0.25) is 9.59 Å². The first-order valence-electron chi connectivity index (χ1n) is 34.9. The minimum atomic E-state index is -0.850. The van der Waals surface area contributed by atoms with E-state index in [4.69, 9.17) is 4.74 Å². The van der Waals surface area contributed by atoms with Crippen LogP contribution in [0.3, 0.4) is 0 Å². The molecule has 2 atom stereocenters. The van der Waals surface area contributed by atoms with E-state index in [0.717, 1.165) is 51.4 Å². The zero-order valence-electron chi connectivity index (χ0n) is 52.4. The first-order chi connectivity index (χ1) is 38.5. The number of allylic oxidation sites excluding steroid dienone is 6. The first kappa shape index (κ1) is 75.8. The van der Waals surface area contributed by atoms with Crippen molar-refractivity contribution in [1.82, 2.24) is 5.32 Å². The molecule has 0 spiro atoms. The number of rotatable bonds is 65. The number of amides is 1. The molecule has 0 bridgehead atoms. The summed E-state index contributed by atoms with van der Waals surface area (Å²) in [4.78, 5) is 24.6. The second-order valence-electron chi connectivity index (χ2n) is 23.9. The number of carbonyl (C=O) groups is 2. The van der Waals surface area contributed by atoms with Crippen LogP contribution in [-0.2, 0) is 14.3 Å². The van der Waals surface area contributed by atoms with Crippen molar-refractivity contribution in [2.24, 2.45) is 0 Å². The molecule has 0 heterocycles. The van der Waals surface area contributed by atoms with Crippen LogP contribution in [-0.4, -0.2) is 47.4 Å². The summed E-state index contributed by atoms with van der Waals surface area (Å²) in [6, 6.07) is -0.634. The molecule has 0 rings (SSSR count). The highest BCUT2D eigenvalue weighted by molar-refractivity contribution is 5.76. The third kappa shape index (κ3) is 63.0. The fourth-order valence-corrected chi connectivity index (χ4v) is 10.8. The number of aliphatic hydroxyl groups is 2. The van der Waals surface area contributed by atoms with Crippen molar-refractivity contribution in [3.8, 4) is 0 Å². The van der Waals surface area contributed by atoms with Gasteiger partial charge in [0, 0.05) is 12.8 Å². The van der Waals surface area contributed by atoms with E-state index < -0.39 is 12.1 Å². The van der Waals surface area contributed by atoms with Crippen molar-refractivity contribution in [2.45, 2.75) is 386 Å². The highest BCUT2D eigenvalue weighted by Gasteiger charge is 2.18. The number of hydrogen-bond donors (Lipinski definition) is 3. The van der Waals surface area contributed by atoms with Gasteiger partial charge in [-0.15, -0.1) is 0 Å². The molecule has 0 aliphatic rings. The number of ether oxygens (including phenoxy) is 1. The van der Waals surface area contributed by atoms with Crippen LogP contribution in [0.4, 0.5) is 0 Å². The number of nitrogens with one attached hydrogen (secondary N) is 1. The van der Waals surface area contributed by atoms with E-state index in [-0.39, 0.29) is 18.5 Å². The Labute approximate surface area is 486 Å². The maximum Gasteiger partial charge on any atom is 0.305 e. The topological polar surface area (TPSA) is 95.9 Å². The normalized spacial score (nSPS) is 12.8. The molecule has 78 heavy (non-hydrogen) atoms. The summed E-state index contributed by atoms with van der Waals surface area (Å²) >= 11 is 0. The SMILES string of the molecule is CCCCCCCC/C=C\CCCCCCCCCC(=O)OCC/C=C\C/C=C\CCCCCCCCCCCCCCCCC(=O)NC(CO)C(O)/C=C/CCCCCCCCCCCCCCCCCCCCCCC. The largest absolute Gasteiger partial charge is 0.465 e. The smallest absolute Gasteiger partial charge is 0.305 e. The van der Waals surface area contributed by atoms with Gasteiger partial charge < -0.3 is 20.3 Å². The average molecular weight is 1090 g/mol. The van der Waals surface area contributed by atoms with Crippen molar-refractivity contribution in [3.63, 3.8) is 0 Å². The predicted octanol–water partition coefficient (Wildman–Crippen LogP) is 22.5. The van der Waals surface area contributed by atoms with Gasteiger partial charge >= 0.3 is 5.97 Å². The second kappa shape index (κ2) is 67.3. The molecular formula is C72H135NO5. The molecule has 0 aromatic carbocycles. The highest BCUT2D eigenvalue weighted by atomic mass is 16.5. The van der Waals surface area contributed by atoms with Gasteiger partial charge in [0.05, 0.1) is 25.4 Å². The summed E-state index contributed by atoms with van der Waals surface area (Å²) in [7, 11) is 0. The zero-order valence-corrected chi connectivity index (χ0v) is 52.4.